The number of likely N-dealkylation sites (tertiary alicyclic amines) is 1. The van der Waals surface area contributed by atoms with Crippen molar-refractivity contribution in [3.63, 3.8) is 0 Å². The number of nitrogens with two attached hydrogens (primary N) is 1. The maximum atomic E-state index is 12.2. The van der Waals surface area contributed by atoms with Crippen LogP contribution in [0.2, 0.25) is 0 Å². The van der Waals surface area contributed by atoms with E-state index in [9.17, 15) is 4.79 Å². The molecule has 2 N–H and O–H groups in total. The zero-order chi connectivity index (χ0) is 14.1. The molecule has 3 rings (SSSR count). The molecular formula is C17H20N2O. The summed E-state index contributed by atoms with van der Waals surface area (Å²) in [5.74, 6) is 0.529. The first-order valence-electron chi connectivity index (χ1n) is 7.18. The number of fused-ring (bicyclic) bond motifs is 1. The monoisotopic (exact) mass is 268 g/mol. The average Bonchev–Trinajstić information content (AvgIpc) is 2.87. The fraction of sp³-hybridized carbons (Fsp3) is 0.353. The predicted molar refractivity (Wildman–Crippen MR) is 81.2 cm³/mol. The standard InChI is InChI=1S/C17H20N2O/c1-12(19-11-13(10-18)9-17(19)20)15-8-4-6-14-5-2-3-7-16(14)15/h2-8,12-13H,9-11,18H2,1H3. The summed E-state index contributed by atoms with van der Waals surface area (Å²) in [6.45, 7) is 3.47. The molecule has 0 radical (unpaired) electrons. The molecule has 0 bridgehead atoms. The van der Waals surface area contributed by atoms with Crippen molar-refractivity contribution in [2.75, 3.05) is 13.1 Å². The van der Waals surface area contributed by atoms with Crippen LogP contribution >= 0.6 is 0 Å². The molecule has 2 aromatic carbocycles. The molecule has 1 amide bonds. The Morgan fingerprint density at radius 1 is 1.25 bits per heavy atom. The molecule has 104 valence electrons. The second kappa shape index (κ2) is 5.25. The molecule has 0 spiro atoms. The van der Waals surface area contributed by atoms with Gasteiger partial charge in [-0.1, -0.05) is 42.5 Å². The smallest absolute Gasteiger partial charge is 0.223 e. The molecule has 0 aliphatic carbocycles. The van der Waals surface area contributed by atoms with Crippen LogP contribution in [0.3, 0.4) is 0 Å². The Morgan fingerprint density at radius 3 is 2.75 bits per heavy atom. The lowest BCUT2D eigenvalue weighted by Crippen LogP contribution is -2.29. The van der Waals surface area contributed by atoms with E-state index in [0.29, 0.717) is 18.9 Å². The van der Waals surface area contributed by atoms with Crippen molar-refractivity contribution < 1.29 is 4.79 Å². The summed E-state index contributed by atoms with van der Waals surface area (Å²) in [7, 11) is 0. The van der Waals surface area contributed by atoms with E-state index < -0.39 is 0 Å². The van der Waals surface area contributed by atoms with E-state index >= 15 is 0 Å². The second-order valence-corrected chi connectivity index (χ2v) is 5.60. The van der Waals surface area contributed by atoms with Crippen LogP contribution in [0.4, 0.5) is 0 Å². The first kappa shape index (κ1) is 13.1. The van der Waals surface area contributed by atoms with Crippen molar-refractivity contribution in [3.8, 4) is 0 Å². The van der Waals surface area contributed by atoms with Crippen LogP contribution in [0.1, 0.15) is 24.9 Å². The van der Waals surface area contributed by atoms with Crippen LogP contribution in [0.15, 0.2) is 42.5 Å². The fourth-order valence-electron chi connectivity index (χ4n) is 3.12. The first-order chi connectivity index (χ1) is 9.70. The molecule has 1 saturated heterocycles. The molecule has 1 heterocycles. The molecule has 1 fully saturated rings. The highest BCUT2D eigenvalue weighted by molar-refractivity contribution is 5.87. The summed E-state index contributed by atoms with van der Waals surface area (Å²) < 4.78 is 0. The van der Waals surface area contributed by atoms with Crippen LogP contribution in [-0.2, 0) is 4.79 Å². The Morgan fingerprint density at radius 2 is 2.00 bits per heavy atom. The van der Waals surface area contributed by atoms with Crippen LogP contribution in [0.25, 0.3) is 10.8 Å². The highest BCUT2D eigenvalue weighted by Crippen LogP contribution is 2.32. The molecule has 3 nitrogen and oxygen atoms in total. The Bertz CT molecular complexity index is 632. The molecule has 1 aliphatic rings. The summed E-state index contributed by atoms with van der Waals surface area (Å²) in [6, 6.07) is 14.7. The SMILES string of the molecule is CC(c1cccc2ccccc12)N1CC(CN)CC1=O. The van der Waals surface area contributed by atoms with Gasteiger partial charge < -0.3 is 10.6 Å². The molecule has 2 atom stereocenters. The van der Waals surface area contributed by atoms with Gasteiger partial charge in [-0.15, -0.1) is 0 Å². The lowest BCUT2D eigenvalue weighted by Gasteiger charge is -2.26. The Hall–Kier alpha value is -1.87. The van der Waals surface area contributed by atoms with Gasteiger partial charge in [-0.25, -0.2) is 0 Å². The summed E-state index contributed by atoms with van der Waals surface area (Å²) in [5.41, 5.74) is 6.93. The predicted octanol–water partition coefficient (Wildman–Crippen LogP) is 2.71. The third-order valence-electron chi connectivity index (χ3n) is 4.31. The van der Waals surface area contributed by atoms with E-state index in [0.717, 1.165) is 6.54 Å². The summed E-state index contributed by atoms with van der Waals surface area (Å²) >= 11 is 0. The molecular weight excluding hydrogens is 248 g/mol. The van der Waals surface area contributed by atoms with Gasteiger partial charge in [-0.3, -0.25) is 4.79 Å². The number of rotatable bonds is 3. The van der Waals surface area contributed by atoms with Crippen molar-refractivity contribution >= 4 is 16.7 Å². The van der Waals surface area contributed by atoms with Crippen molar-refractivity contribution in [3.05, 3.63) is 48.0 Å². The van der Waals surface area contributed by atoms with E-state index in [1.807, 2.05) is 17.0 Å². The summed E-state index contributed by atoms with van der Waals surface area (Å²) in [5, 5.41) is 2.45. The van der Waals surface area contributed by atoms with Crippen LogP contribution in [0, 0.1) is 5.92 Å². The second-order valence-electron chi connectivity index (χ2n) is 5.60. The van der Waals surface area contributed by atoms with E-state index in [4.69, 9.17) is 5.73 Å². The Kier molecular flexibility index (Phi) is 3.45. The van der Waals surface area contributed by atoms with Crippen molar-refractivity contribution in [2.24, 2.45) is 11.7 Å². The van der Waals surface area contributed by atoms with Crippen molar-refractivity contribution in [2.45, 2.75) is 19.4 Å². The zero-order valence-electron chi connectivity index (χ0n) is 11.8. The lowest BCUT2D eigenvalue weighted by atomic mass is 9.99. The number of hydrogen-bond acceptors (Lipinski definition) is 2. The minimum atomic E-state index is 0.102. The van der Waals surface area contributed by atoms with E-state index in [1.54, 1.807) is 0 Å². The van der Waals surface area contributed by atoms with Gasteiger partial charge >= 0.3 is 0 Å². The van der Waals surface area contributed by atoms with Gasteiger partial charge in [0, 0.05) is 13.0 Å². The highest BCUT2D eigenvalue weighted by atomic mass is 16.2. The highest BCUT2D eigenvalue weighted by Gasteiger charge is 2.32. The number of nitrogens with zero attached hydrogens (tertiary/aromatic N) is 1. The fourth-order valence-corrected chi connectivity index (χ4v) is 3.12. The number of hydrogen-bond donors (Lipinski definition) is 1. The normalized spacial score (nSPS) is 20.6. The van der Waals surface area contributed by atoms with Gasteiger partial charge in [0.25, 0.3) is 0 Å². The maximum absolute atomic E-state index is 12.2. The minimum Gasteiger partial charge on any atom is -0.336 e. The number of carbonyl (C=O) groups is 1. The molecule has 2 unspecified atom stereocenters. The average molecular weight is 268 g/mol. The molecule has 0 saturated carbocycles. The van der Waals surface area contributed by atoms with E-state index in [-0.39, 0.29) is 11.9 Å². The third kappa shape index (κ3) is 2.18. The zero-order valence-corrected chi connectivity index (χ0v) is 11.8. The van der Waals surface area contributed by atoms with E-state index in [1.165, 1.54) is 16.3 Å². The first-order valence-corrected chi connectivity index (χ1v) is 7.18. The Labute approximate surface area is 119 Å². The van der Waals surface area contributed by atoms with Gasteiger partial charge in [-0.2, -0.15) is 0 Å². The lowest BCUT2D eigenvalue weighted by molar-refractivity contribution is -0.129. The third-order valence-corrected chi connectivity index (χ3v) is 4.31. The topological polar surface area (TPSA) is 46.3 Å². The maximum Gasteiger partial charge on any atom is 0.223 e. The van der Waals surface area contributed by atoms with Gasteiger partial charge in [0.15, 0.2) is 0 Å². The van der Waals surface area contributed by atoms with Gasteiger partial charge in [-0.05, 0) is 35.7 Å². The van der Waals surface area contributed by atoms with E-state index in [2.05, 4.69) is 37.3 Å². The molecule has 1 aliphatic heterocycles. The van der Waals surface area contributed by atoms with Crippen LogP contribution in [-0.4, -0.2) is 23.9 Å². The molecule has 3 heteroatoms. The largest absolute Gasteiger partial charge is 0.336 e. The Balaban J connectivity index is 1.97. The summed E-state index contributed by atoms with van der Waals surface area (Å²) in [4.78, 5) is 14.1. The van der Waals surface area contributed by atoms with Gasteiger partial charge in [0.05, 0.1) is 6.04 Å². The van der Waals surface area contributed by atoms with Gasteiger partial charge in [0.1, 0.15) is 0 Å². The molecule has 0 aromatic heterocycles. The minimum absolute atomic E-state index is 0.102. The number of amides is 1. The molecule has 2 aromatic rings. The van der Waals surface area contributed by atoms with Crippen molar-refractivity contribution in [1.29, 1.82) is 0 Å². The summed E-state index contributed by atoms with van der Waals surface area (Å²) in [6.07, 6.45) is 0.589. The van der Waals surface area contributed by atoms with Gasteiger partial charge in [0.2, 0.25) is 5.91 Å². The van der Waals surface area contributed by atoms with Crippen LogP contribution < -0.4 is 5.73 Å². The quantitative estimate of drug-likeness (QED) is 0.930. The van der Waals surface area contributed by atoms with Crippen LogP contribution in [0.5, 0.6) is 0 Å². The number of benzene rings is 2. The molecule has 20 heavy (non-hydrogen) atoms. The van der Waals surface area contributed by atoms with Crippen molar-refractivity contribution in [1.82, 2.24) is 4.90 Å². The number of carbonyl (C=O) groups excluding carboxylic acids is 1.